The summed E-state index contributed by atoms with van der Waals surface area (Å²) in [6.45, 7) is 6.94. The molecular weight excluding hydrogens is 1340 g/mol. The van der Waals surface area contributed by atoms with E-state index in [2.05, 4.69) is 416 Å². The van der Waals surface area contributed by atoms with Gasteiger partial charge in [-0.25, -0.2) is 0 Å². The first kappa shape index (κ1) is 63.1. The molecule has 4 nitrogen and oxygen atoms in total. The highest BCUT2D eigenvalue weighted by atomic mass is 15.2. The molecule has 23 rings (SSSR count). The standard InChI is InChI=1S/C106H71BN4/c1-106(2,3)74-62-99-103-100(63-74)109(76-52-46-69(47-53-76)67-26-8-5-9-27-67)98-65-78(111-96-59-49-73(82-43-23-31-71-29-11-13-33-80(71)82)61-92(96)102-88-39-19-15-35-84(88)86-37-17-21-41-90(86)105(102)111)55-57-94(98)107(103)93-56-54-77(64-97(93)108(99)75-50-44-68(45-51-75)66-24-6-4-7-25-66)110-95-58-48-72(81-42-22-30-70-28-10-12-32-79(70)81)60-91(95)101-87-38-18-14-34-83(87)85-36-16-20-40-89(85)104(101)110/h4-65H,1-3H3. The van der Waals surface area contributed by atoms with Gasteiger partial charge in [0.15, 0.2) is 0 Å². The van der Waals surface area contributed by atoms with Crippen LogP contribution in [0.15, 0.2) is 376 Å². The molecule has 0 bridgehead atoms. The van der Waals surface area contributed by atoms with Gasteiger partial charge in [-0.2, -0.15) is 0 Å². The largest absolute Gasteiger partial charge is 0.311 e. The maximum absolute atomic E-state index is 2.62. The predicted octanol–water partition coefficient (Wildman–Crippen LogP) is 26.8. The molecule has 518 valence electrons. The predicted molar refractivity (Wildman–Crippen MR) is 475 cm³/mol. The first-order chi connectivity index (χ1) is 54.7. The van der Waals surface area contributed by atoms with E-state index in [0.29, 0.717) is 0 Å². The van der Waals surface area contributed by atoms with Gasteiger partial charge in [0, 0.05) is 77.8 Å². The first-order valence-corrected chi connectivity index (χ1v) is 38.8. The molecule has 2 aromatic heterocycles. The van der Waals surface area contributed by atoms with Crippen LogP contribution in [0.25, 0.3) is 164 Å². The number of hydrogen-bond acceptors (Lipinski definition) is 2. The van der Waals surface area contributed by atoms with Gasteiger partial charge >= 0.3 is 0 Å². The maximum atomic E-state index is 2.62. The molecule has 0 saturated carbocycles. The fourth-order valence-electron chi connectivity index (χ4n) is 19.3. The lowest BCUT2D eigenvalue weighted by Gasteiger charge is -2.45. The third-order valence-corrected chi connectivity index (χ3v) is 24.4. The number of rotatable bonds is 8. The Bertz CT molecular complexity index is 7040. The van der Waals surface area contributed by atoms with E-state index in [0.717, 1.165) is 45.2 Å². The summed E-state index contributed by atoms with van der Waals surface area (Å²) in [6.07, 6.45) is 0. The molecule has 5 heteroatoms. The Labute approximate surface area is 643 Å². The maximum Gasteiger partial charge on any atom is 0.252 e. The van der Waals surface area contributed by atoms with Crippen molar-refractivity contribution >= 4 is 165 Å². The zero-order chi connectivity index (χ0) is 73.3. The molecule has 19 aromatic carbocycles. The van der Waals surface area contributed by atoms with Crippen LogP contribution in [-0.2, 0) is 5.41 Å². The molecule has 0 saturated heterocycles. The van der Waals surface area contributed by atoms with Crippen molar-refractivity contribution in [3.8, 4) is 55.9 Å². The van der Waals surface area contributed by atoms with Gasteiger partial charge in [0.05, 0.1) is 22.1 Å². The van der Waals surface area contributed by atoms with E-state index in [1.54, 1.807) is 0 Å². The Morgan fingerprint density at radius 1 is 0.234 bits per heavy atom. The number of aromatic nitrogens is 2. The van der Waals surface area contributed by atoms with Crippen molar-refractivity contribution in [2.45, 2.75) is 26.2 Å². The zero-order valence-corrected chi connectivity index (χ0v) is 61.7. The highest BCUT2D eigenvalue weighted by molar-refractivity contribution is 7.00. The molecule has 2 aliphatic heterocycles. The highest BCUT2D eigenvalue weighted by Crippen LogP contribution is 2.52. The second kappa shape index (κ2) is 24.3. The summed E-state index contributed by atoms with van der Waals surface area (Å²) < 4.78 is 5.20. The summed E-state index contributed by atoms with van der Waals surface area (Å²) in [4.78, 5) is 5.24. The Balaban J connectivity index is 0.813. The fraction of sp³-hybridized carbons (Fsp3) is 0.0377. The minimum Gasteiger partial charge on any atom is -0.311 e. The summed E-state index contributed by atoms with van der Waals surface area (Å²) in [5, 5.41) is 19.8. The number of nitrogens with zero attached hydrogens (tertiary/aromatic N) is 4. The number of hydrogen-bond donors (Lipinski definition) is 0. The monoisotopic (exact) mass is 1410 g/mol. The molecule has 0 unspecified atom stereocenters. The van der Waals surface area contributed by atoms with Crippen molar-refractivity contribution in [3.63, 3.8) is 0 Å². The lowest BCUT2D eigenvalue weighted by atomic mass is 9.33. The quantitative estimate of drug-likeness (QED) is 0.111. The topological polar surface area (TPSA) is 16.3 Å². The molecule has 21 aromatic rings. The highest BCUT2D eigenvalue weighted by Gasteiger charge is 2.45. The second-order valence-corrected chi connectivity index (χ2v) is 31.4. The molecule has 111 heavy (non-hydrogen) atoms. The van der Waals surface area contributed by atoms with Crippen molar-refractivity contribution in [3.05, 3.63) is 382 Å². The second-order valence-electron chi connectivity index (χ2n) is 31.4. The zero-order valence-electron chi connectivity index (χ0n) is 61.7. The molecule has 2 aliphatic rings. The molecule has 0 atom stereocenters. The smallest absolute Gasteiger partial charge is 0.252 e. The van der Waals surface area contributed by atoms with Gasteiger partial charge in [0.2, 0.25) is 0 Å². The van der Waals surface area contributed by atoms with Gasteiger partial charge in [-0.1, -0.05) is 312 Å². The molecule has 0 spiro atoms. The first-order valence-electron chi connectivity index (χ1n) is 38.8. The summed E-state index contributed by atoms with van der Waals surface area (Å²) in [5.41, 5.74) is 28.0. The Hall–Kier alpha value is -14.0. The van der Waals surface area contributed by atoms with Crippen molar-refractivity contribution < 1.29 is 0 Å². The van der Waals surface area contributed by atoms with Crippen molar-refractivity contribution in [2.75, 3.05) is 9.80 Å². The molecule has 0 N–H and O–H groups in total. The average molecular weight is 1410 g/mol. The van der Waals surface area contributed by atoms with E-state index in [1.165, 1.54) is 175 Å². The van der Waals surface area contributed by atoms with E-state index < -0.39 is 0 Å². The van der Waals surface area contributed by atoms with Gasteiger partial charge in [-0.05, 0) is 211 Å². The Morgan fingerprint density at radius 2 is 0.568 bits per heavy atom. The minimum absolute atomic E-state index is 0.200. The number of anilines is 6. The van der Waals surface area contributed by atoms with Crippen LogP contribution >= 0.6 is 0 Å². The van der Waals surface area contributed by atoms with Crippen molar-refractivity contribution in [2.24, 2.45) is 0 Å². The van der Waals surface area contributed by atoms with Crippen LogP contribution in [-0.4, -0.2) is 15.8 Å². The van der Waals surface area contributed by atoms with E-state index in [1.807, 2.05) is 0 Å². The van der Waals surface area contributed by atoms with Crippen LogP contribution in [0.5, 0.6) is 0 Å². The third kappa shape index (κ3) is 9.55. The summed E-state index contributed by atoms with van der Waals surface area (Å²) in [6, 6.07) is 142. The van der Waals surface area contributed by atoms with Gasteiger partial charge < -0.3 is 18.9 Å². The molecule has 4 heterocycles. The fourth-order valence-corrected chi connectivity index (χ4v) is 19.3. The van der Waals surface area contributed by atoms with Crippen LogP contribution in [0.1, 0.15) is 26.3 Å². The van der Waals surface area contributed by atoms with E-state index >= 15 is 0 Å². The normalized spacial score (nSPS) is 12.8. The van der Waals surface area contributed by atoms with Gasteiger partial charge in [-0.3, -0.25) is 0 Å². The molecule has 0 radical (unpaired) electrons. The minimum atomic E-state index is -0.271. The number of benzene rings is 19. The third-order valence-electron chi connectivity index (χ3n) is 24.4. The van der Waals surface area contributed by atoms with Crippen LogP contribution in [0.2, 0.25) is 0 Å². The molecular formula is C106H71BN4. The molecule has 0 amide bonds. The van der Waals surface area contributed by atoms with Crippen molar-refractivity contribution in [1.29, 1.82) is 0 Å². The summed E-state index contributed by atoms with van der Waals surface area (Å²) in [7, 11) is 0. The van der Waals surface area contributed by atoms with E-state index in [9.17, 15) is 0 Å². The van der Waals surface area contributed by atoms with Crippen molar-refractivity contribution in [1.82, 2.24) is 9.13 Å². The van der Waals surface area contributed by atoms with Crippen LogP contribution in [0, 0.1) is 0 Å². The lowest BCUT2D eigenvalue weighted by molar-refractivity contribution is 0.590. The van der Waals surface area contributed by atoms with E-state index in [-0.39, 0.29) is 12.1 Å². The Kier molecular flexibility index (Phi) is 13.8. The molecule has 0 aliphatic carbocycles. The lowest BCUT2D eigenvalue weighted by Crippen LogP contribution is -2.61. The SMILES string of the molecule is CC(C)(C)c1cc2c3c(c1)N(c1ccc(-c4ccccc4)cc1)c1cc(-n4c5ccc(-c6cccc7ccccc67)cc5c5c6ccccc6c6ccccc6c54)ccc1B3c1ccc(-n3c4ccc(-c5cccc6ccccc56)cc4c4c5ccccc5c5ccccc5c43)cc1N2c1ccc(-c2ccccc2)cc1. The molecule has 0 fully saturated rings. The van der Waals surface area contributed by atoms with Gasteiger partial charge in [0.25, 0.3) is 6.71 Å². The van der Waals surface area contributed by atoms with Gasteiger partial charge in [-0.15, -0.1) is 0 Å². The van der Waals surface area contributed by atoms with Crippen LogP contribution in [0.4, 0.5) is 34.1 Å². The van der Waals surface area contributed by atoms with Gasteiger partial charge in [0.1, 0.15) is 0 Å². The summed E-state index contributed by atoms with van der Waals surface area (Å²) in [5.74, 6) is 0. The van der Waals surface area contributed by atoms with Crippen LogP contribution < -0.4 is 26.2 Å². The number of fused-ring (bicyclic) bond motifs is 22. The Morgan fingerprint density at radius 3 is 0.982 bits per heavy atom. The summed E-state index contributed by atoms with van der Waals surface area (Å²) >= 11 is 0. The van der Waals surface area contributed by atoms with Crippen LogP contribution in [0.3, 0.4) is 0 Å². The van der Waals surface area contributed by atoms with E-state index in [4.69, 9.17) is 0 Å². The average Bonchev–Trinajstić information content (AvgIpc) is 1.68.